The molecule has 2 N–H and O–H groups in total. The first-order chi connectivity index (χ1) is 14.1. The van der Waals surface area contributed by atoms with E-state index in [2.05, 4.69) is 15.0 Å². The Bertz CT molecular complexity index is 1060. The number of hydrogen-bond acceptors (Lipinski definition) is 8. The molecule has 9 heteroatoms. The number of anilines is 1. The minimum absolute atomic E-state index is 0.0398. The largest absolute Gasteiger partial charge is 0.491 e. The van der Waals surface area contributed by atoms with E-state index in [1.807, 2.05) is 0 Å². The Morgan fingerprint density at radius 2 is 1.97 bits per heavy atom. The lowest BCUT2D eigenvalue weighted by Gasteiger charge is -2.15. The number of ether oxygens (including phenoxy) is 3. The number of rotatable bonds is 6. The van der Waals surface area contributed by atoms with Gasteiger partial charge in [0.2, 0.25) is 5.88 Å². The molecule has 29 heavy (non-hydrogen) atoms. The van der Waals surface area contributed by atoms with Gasteiger partial charge in [0, 0.05) is 17.8 Å². The number of carbonyl (C=O) groups is 1. The lowest BCUT2D eigenvalue weighted by Crippen LogP contribution is -2.23. The van der Waals surface area contributed by atoms with Crippen LogP contribution in [0.3, 0.4) is 0 Å². The highest BCUT2D eigenvalue weighted by Gasteiger charge is 2.30. The molecule has 1 aliphatic rings. The van der Waals surface area contributed by atoms with Gasteiger partial charge >= 0.3 is 0 Å². The van der Waals surface area contributed by atoms with E-state index in [-0.39, 0.29) is 12.6 Å². The molecule has 0 aliphatic carbocycles. The molecule has 0 spiro atoms. The lowest BCUT2D eigenvalue weighted by atomic mass is 10.1. The molecule has 4 heterocycles. The molecule has 3 aromatic rings. The van der Waals surface area contributed by atoms with Crippen LogP contribution in [0.5, 0.6) is 17.5 Å². The summed E-state index contributed by atoms with van der Waals surface area (Å²) >= 11 is 0. The van der Waals surface area contributed by atoms with E-state index >= 15 is 0 Å². The number of carbonyl (C=O) groups excluding carboxylic acids is 1. The molecule has 1 aliphatic heterocycles. The number of hydrogen-bond donors (Lipinski definition) is 1. The molecule has 0 unspecified atom stereocenters. The Labute approximate surface area is 167 Å². The van der Waals surface area contributed by atoms with Gasteiger partial charge in [-0.05, 0) is 24.3 Å². The highest BCUT2D eigenvalue weighted by molar-refractivity contribution is 6.09. The normalized spacial score (nSPS) is 12.7. The second-order valence-electron chi connectivity index (χ2n) is 6.18. The predicted molar refractivity (Wildman–Crippen MR) is 105 cm³/mol. The van der Waals surface area contributed by atoms with Gasteiger partial charge in [-0.25, -0.2) is 9.97 Å². The molecule has 0 saturated carbocycles. The average molecular weight is 393 g/mol. The zero-order valence-corrected chi connectivity index (χ0v) is 16.0. The molecule has 1 amide bonds. The predicted octanol–water partition coefficient (Wildman–Crippen LogP) is 2.01. The van der Waals surface area contributed by atoms with Gasteiger partial charge in [0.1, 0.15) is 6.73 Å². The Kier molecular flexibility index (Phi) is 4.96. The van der Waals surface area contributed by atoms with Gasteiger partial charge in [0.25, 0.3) is 11.8 Å². The van der Waals surface area contributed by atoms with Crippen molar-refractivity contribution in [3.05, 3.63) is 54.0 Å². The van der Waals surface area contributed by atoms with Crippen LogP contribution >= 0.6 is 0 Å². The minimum atomic E-state index is -0.126. The van der Waals surface area contributed by atoms with Gasteiger partial charge in [0.15, 0.2) is 5.75 Å². The first kappa shape index (κ1) is 18.6. The quantitative estimate of drug-likeness (QED) is 0.633. The fraction of sp³-hybridized carbons (Fsp3) is 0.200. The van der Waals surface area contributed by atoms with Crippen molar-refractivity contribution in [1.29, 1.82) is 0 Å². The summed E-state index contributed by atoms with van der Waals surface area (Å²) in [5.74, 6) is 1.18. The summed E-state index contributed by atoms with van der Waals surface area (Å²) in [5.41, 5.74) is 8.70. The van der Waals surface area contributed by atoms with Crippen LogP contribution in [0.1, 0.15) is 16.1 Å². The monoisotopic (exact) mass is 393 g/mol. The number of pyridine rings is 3. The summed E-state index contributed by atoms with van der Waals surface area (Å²) < 4.78 is 15.6. The van der Waals surface area contributed by atoms with E-state index in [0.29, 0.717) is 46.7 Å². The van der Waals surface area contributed by atoms with E-state index in [1.54, 1.807) is 54.7 Å². The van der Waals surface area contributed by atoms with Gasteiger partial charge in [-0.15, -0.1) is 0 Å². The maximum Gasteiger partial charge on any atom is 0.260 e. The number of nitrogens with zero attached hydrogens (tertiary/aromatic N) is 4. The van der Waals surface area contributed by atoms with Crippen molar-refractivity contribution in [3.63, 3.8) is 0 Å². The van der Waals surface area contributed by atoms with Crippen molar-refractivity contribution in [2.75, 3.05) is 25.9 Å². The van der Waals surface area contributed by atoms with Gasteiger partial charge in [-0.2, -0.15) is 0 Å². The molecule has 0 saturated heterocycles. The second-order valence-corrected chi connectivity index (χ2v) is 6.18. The summed E-state index contributed by atoms with van der Waals surface area (Å²) in [5, 5.41) is 0. The van der Waals surface area contributed by atoms with E-state index < -0.39 is 0 Å². The van der Waals surface area contributed by atoms with Crippen molar-refractivity contribution in [1.82, 2.24) is 15.0 Å². The molecule has 0 aromatic carbocycles. The topological polar surface area (TPSA) is 113 Å². The standard InChI is InChI=1S/C20H19N5O4/c1-27-17-7-12(8-23-19(17)28-2)15-5-4-14-16(24-15)10-25(20(14)26)13-3-6-18(22-9-13)29-11-21/h3-9H,10-11,21H2,1-2H3. The number of fused-ring (bicyclic) bond motifs is 1. The van der Waals surface area contributed by atoms with Crippen molar-refractivity contribution in [2.45, 2.75) is 6.54 Å². The fourth-order valence-corrected chi connectivity index (χ4v) is 3.13. The molecule has 4 rings (SSSR count). The highest BCUT2D eigenvalue weighted by Crippen LogP contribution is 2.32. The first-order valence-electron chi connectivity index (χ1n) is 8.83. The first-order valence-corrected chi connectivity index (χ1v) is 8.83. The Morgan fingerprint density at radius 3 is 2.66 bits per heavy atom. The molecule has 0 bridgehead atoms. The average Bonchev–Trinajstić information content (AvgIpc) is 3.10. The van der Waals surface area contributed by atoms with Gasteiger partial charge in [-0.3, -0.25) is 15.5 Å². The Morgan fingerprint density at radius 1 is 1.10 bits per heavy atom. The number of nitrogens with two attached hydrogens (primary N) is 1. The molecular formula is C20H19N5O4. The molecule has 3 aromatic heterocycles. The van der Waals surface area contributed by atoms with Crippen molar-refractivity contribution in [3.8, 4) is 28.8 Å². The van der Waals surface area contributed by atoms with Crippen LogP contribution in [0, 0.1) is 0 Å². The van der Waals surface area contributed by atoms with Crippen LogP contribution in [-0.2, 0) is 6.54 Å². The Hall–Kier alpha value is -3.72. The fourth-order valence-electron chi connectivity index (χ4n) is 3.13. The van der Waals surface area contributed by atoms with Crippen molar-refractivity contribution >= 4 is 11.6 Å². The third kappa shape index (κ3) is 3.43. The molecule has 9 nitrogen and oxygen atoms in total. The van der Waals surface area contributed by atoms with Gasteiger partial charge in [-0.1, -0.05) is 0 Å². The number of amides is 1. The number of methoxy groups -OCH3 is 2. The summed E-state index contributed by atoms with van der Waals surface area (Å²) in [7, 11) is 3.08. The van der Waals surface area contributed by atoms with Crippen LogP contribution < -0.4 is 24.8 Å². The smallest absolute Gasteiger partial charge is 0.260 e. The second kappa shape index (κ2) is 7.72. The third-order valence-electron chi connectivity index (χ3n) is 4.55. The van der Waals surface area contributed by atoms with Crippen LogP contribution in [0.2, 0.25) is 0 Å². The van der Waals surface area contributed by atoms with E-state index in [0.717, 1.165) is 5.56 Å². The van der Waals surface area contributed by atoms with Crippen LogP contribution in [0.4, 0.5) is 5.69 Å². The third-order valence-corrected chi connectivity index (χ3v) is 4.55. The molecular weight excluding hydrogens is 374 g/mol. The Balaban J connectivity index is 1.62. The molecule has 0 atom stereocenters. The maximum atomic E-state index is 12.8. The molecule has 0 radical (unpaired) electrons. The summed E-state index contributed by atoms with van der Waals surface area (Å²) in [6, 6.07) is 8.80. The van der Waals surface area contributed by atoms with Crippen LogP contribution in [0.25, 0.3) is 11.3 Å². The van der Waals surface area contributed by atoms with E-state index in [1.165, 1.54) is 7.11 Å². The minimum Gasteiger partial charge on any atom is -0.491 e. The van der Waals surface area contributed by atoms with E-state index in [9.17, 15) is 4.79 Å². The SMILES string of the molecule is COc1cc(-c2ccc3c(n2)CN(c2ccc(OCN)nc2)C3=O)cnc1OC. The van der Waals surface area contributed by atoms with Crippen molar-refractivity contribution < 1.29 is 19.0 Å². The van der Waals surface area contributed by atoms with E-state index in [4.69, 9.17) is 19.9 Å². The van der Waals surface area contributed by atoms with Gasteiger partial charge in [0.05, 0.1) is 49.6 Å². The summed E-state index contributed by atoms with van der Waals surface area (Å²) in [4.78, 5) is 27.5. The summed E-state index contributed by atoms with van der Waals surface area (Å²) in [6.45, 7) is 0.389. The van der Waals surface area contributed by atoms with Crippen molar-refractivity contribution in [2.24, 2.45) is 5.73 Å². The lowest BCUT2D eigenvalue weighted by molar-refractivity contribution is 0.0996. The number of aromatic nitrogens is 3. The molecule has 0 fully saturated rings. The summed E-state index contributed by atoms with van der Waals surface area (Å²) in [6.07, 6.45) is 3.23. The zero-order valence-electron chi connectivity index (χ0n) is 16.0. The van der Waals surface area contributed by atoms with Gasteiger partial charge < -0.3 is 19.1 Å². The van der Waals surface area contributed by atoms with Crippen LogP contribution in [0.15, 0.2) is 42.7 Å². The zero-order chi connectivity index (χ0) is 20.4. The van der Waals surface area contributed by atoms with Crippen LogP contribution in [-0.4, -0.2) is 41.8 Å². The highest BCUT2D eigenvalue weighted by atomic mass is 16.5. The molecule has 148 valence electrons. The maximum absolute atomic E-state index is 12.8.